The van der Waals surface area contributed by atoms with Crippen LogP contribution in [0.3, 0.4) is 0 Å². The quantitative estimate of drug-likeness (QED) is 0.693. The highest BCUT2D eigenvalue weighted by atomic mass is 35.5. The van der Waals surface area contributed by atoms with E-state index in [0.717, 1.165) is 25.1 Å². The molecule has 0 bridgehead atoms. The topological polar surface area (TPSA) is 12.0 Å². The van der Waals surface area contributed by atoms with Gasteiger partial charge in [0.2, 0.25) is 0 Å². The van der Waals surface area contributed by atoms with Crippen LogP contribution in [0.15, 0.2) is 18.2 Å². The van der Waals surface area contributed by atoms with Crippen LogP contribution in [0.1, 0.15) is 39.2 Å². The van der Waals surface area contributed by atoms with Crippen molar-refractivity contribution in [2.45, 2.75) is 51.3 Å². The van der Waals surface area contributed by atoms with Crippen molar-refractivity contribution in [3.05, 3.63) is 34.6 Å². The molecule has 1 rings (SSSR count). The molecule has 0 heterocycles. The highest BCUT2D eigenvalue weighted by Gasteiger charge is 2.14. The number of hydrogen-bond donors (Lipinski definition) is 1. The number of thioether (sulfide) groups is 1. The third-order valence-corrected chi connectivity index (χ3v) is 5.05. The van der Waals surface area contributed by atoms with Gasteiger partial charge in [-0.3, -0.25) is 0 Å². The van der Waals surface area contributed by atoms with Crippen LogP contribution in [0.2, 0.25) is 5.02 Å². The Morgan fingerprint density at radius 1 is 1.35 bits per heavy atom. The summed E-state index contributed by atoms with van der Waals surface area (Å²) >= 11 is 7.91. The van der Waals surface area contributed by atoms with E-state index in [1.54, 1.807) is 12.1 Å². The van der Waals surface area contributed by atoms with Crippen molar-refractivity contribution >= 4 is 23.4 Å². The van der Waals surface area contributed by atoms with E-state index < -0.39 is 0 Å². The first-order valence-corrected chi connectivity index (χ1v) is 8.78. The third-order valence-electron chi connectivity index (χ3n) is 3.31. The van der Waals surface area contributed by atoms with Crippen molar-refractivity contribution in [2.24, 2.45) is 0 Å². The van der Waals surface area contributed by atoms with E-state index in [1.807, 2.05) is 11.8 Å². The molecule has 0 aliphatic carbocycles. The molecule has 1 aromatic rings. The lowest BCUT2D eigenvalue weighted by Crippen LogP contribution is -2.34. The standard InChI is InChI=1S/C16H25ClFNS/c1-4-8-19-15(11-20-12(3)5-2)10-13-9-14(17)6-7-16(13)18/h6-7,9,12,15,19H,4-5,8,10-11H2,1-3H3. The molecule has 0 radical (unpaired) electrons. The minimum Gasteiger partial charge on any atom is -0.313 e. The van der Waals surface area contributed by atoms with Crippen LogP contribution in [0.5, 0.6) is 0 Å². The van der Waals surface area contributed by atoms with Crippen molar-refractivity contribution in [3.8, 4) is 0 Å². The Morgan fingerprint density at radius 2 is 2.10 bits per heavy atom. The zero-order valence-corrected chi connectivity index (χ0v) is 14.2. The van der Waals surface area contributed by atoms with Gasteiger partial charge in [-0.1, -0.05) is 32.4 Å². The van der Waals surface area contributed by atoms with Gasteiger partial charge in [0.25, 0.3) is 0 Å². The fourth-order valence-corrected chi connectivity index (χ4v) is 3.13. The summed E-state index contributed by atoms with van der Waals surface area (Å²) in [6.45, 7) is 7.55. The Kier molecular flexibility index (Phi) is 8.58. The van der Waals surface area contributed by atoms with Crippen LogP contribution in [0.4, 0.5) is 4.39 Å². The van der Waals surface area contributed by atoms with Crippen molar-refractivity contribution < 1.29 is 4.39 Å². The average Bonchev–Trinajstić information content (AvgIpc) is 2.45. The first-order valence-electron chi connectivity index (χ1n) is 7.35. The molecule has 0 aromatic heterocycles. The molecule has 0 spiro atoms. The number of nitrogens with one attached hydrogen (secondary N) is 1. The molecule has 20 heavy (non-hydrogen) atoms. The van der Waals surface area contributed by atoms with E-state index in [2.05, 4.69) is 26.1 Å². The smallest absolute Gasteiger partial charge is 0.126 e. The Morgan fingerprint density at radius 3 is 2.75 bits per heavy atom. The van der Waals surface area contributed by atoms with Gasteiger partial charge in [0.05, 0.1) is 0 Å². The van der Waals surface area contributed by atoms with Crippen LogP contribution in [-0.4, -0.2) is 23.6 Å². The van der Waals surface area contributed by atoms with Crippen molar-refractivity contribution in [1.29, 1.82) is 0 Å². The van der Waals surface area contributed by atoms with Crippen LogP contribution < -0.4 is 5.32 Å². The van der Waals surface area contributed by atoms with E-state index >= 15 is 0 Å². The number of benzene rings is 1. The second-order valence-electron chi connectivity index (χ2n) is 5.14. The molecule has 0 saturated carbocycles. The molecule has 0 amide bonds. The predicted molar refractivity (Wildman–Crippen MR) is 89.4 cm³/mol. The Labute approximate surface area is 131 Å². The summed E-state index contributed by atoms with van der Waals surface area (Å²) in [6.07, 6.45) is 2.94. The Hall–Kier alpha value is -0.250. The number of rotatable bonds is 9. The number of hydrogen-bond acceptors (Lipinski definition) is 2. The summed E-state index contributed by atoms with van der Waals surface area (Å²) in [5.41, 5.74) is 0.704. The van der Waals surface area contributed by atoms with E-state index in [9.17, 15) is 4.39 Å². The van der Waals surface area contributed by atoms with Gasteiger partial charge in [-0.2, -0.15) is 11.8 Å². The second-order valence-corrected chi connectivity index (χ2v) is 7.05. The lowest BCUT2D eigenvalue weighted by atomic mass is 10.1. The third kappa shape index (κ3) is 6.47. The maximum Gasteiger partial charge on any atom is 0.126 e. The predicted octanol–water partition coefficient (Wildman–Crippen LogP) is 4.92. The van der Waals surface area contributed by atoms with Gasteiger partial charge in [-0.25, -0.2) is 4.39 Å². The minimum absolute atomic E-state index is 0.161. The first kappa shape index (κ1) is 17.8. The molecule has 1 aromatic carbocycles. The van der Waals surface area contributed by atoms with Gasteiger partial charge in [0.15, 0.2) is 0 Å². The van der Waals surface area contributed by atoms with Gasteiger partial charge in [-0.15, -0.1) is 0 Å². The molecule has 2 unspecified atom stereocenters. The van der Waals surface area contributed by atoms with Crippen molar-refractivity contribution in [3.63, 3.8) is 0 Å². The van der Waals surface area contributed by atoms with E-state index in [4.69, 9.17) is 11.6 Å². The highest BCUT2D eigenvalue weighted by Crippen LogP contribution is 2.20. The summed E-state index contributed by atoms with van der Waals surface area (Å²) in [4.78, 5) is 0. The first-order chi connectivity index (χ1) is 9.56. The molecule has 0 aliphatic rings. The average molecular weight is 318 g/mol. The molecule has 0 fully saturated rings. The molecule has 2 atom stereocenters. The van der Waals surface area contributed by atoms with Crippen LogP contribution in [-0.2, 0) is 6.42 Å². The van der Waals surface area contributed by atoms with E-state index in [0.29, 0.717) is 28.3 Å². The molecule has 1 nitrogen and oxygen atoms in total. The molecular formula is C16H25ClFNS. The molecule has 1 N–H and O–H groups in total. The van der Waals surface area contributed by atoms with Gasteiger partial charge >= 0.3 is 0 Å². The maximum atomic E-state index is 13.8. The van der Waals surface area contributed by atoms with Crippen LogP contribution >= 0.6 is 23.4 Å². The van der Waals surface area contributed by atoms with E-state index in [-0.39, 0.29) is 5.82 Å². The normalized spacial score (nSPS) is 14.2. The van der Waals surface area contributed by atoms with Gasteiger partial charge in [0.1, 0.15) is 5.82 Å². The van der Waals surface area contributed by atoms with Gasteiger partial charge in [-0.05, 0) is 49.6 Å². The summed E-state index contributed by atoms with van der Waals surface area (Å²) in [6, 6.07) is 5.09. The van der Waals surface area contributed by atoms with Gasteiger partial charge in [0, 0.05) is 22.1 Å². The Bertz CT molecular complexity index is 400. The maximum absolute atomic E-state index is 13.8. The zero-order valence-electron chi connectivity index (χ0n) is 12.6. The lowest BCUT2D eigenvalue weighted by molar-refractivity contribution is 0.530. The summed E-state index contributed by atoms with van der Waals surface area (Å²) < 4.78 is 13.8. The Balaban J connectivity index is 2.65. The summed E-state index contributed by atoms with van der Waals surface area (Å²) in [5.74, 6) is 0.840. The van der Waals surface area contributed by atoms with Crippen molar-refractivity contribution in [1.82, 2.24) is 5.32 Å². The van der Waals surface area contributed by atoms with Gasteiger partial charge < -0.3 is 5.32 Å². The molecule has 4 heteroatoms. The highest BCUT2D eigenvalue weighted by molar-refractivity contribution is 7.99. The lowest BCUT2D eigenvalue weighted by Gasteiger charge is -2.20. The van der Waals surface area contributed by atoms with E-state index in [1.165, 1.54) is 6.07 Å². The molecular weight excluding hydrogens is 293 g/mol. The molecule has 114 valence electrons. The summed E-state index contributed by atoms with van der Waals surface area (Å²) in [7, 11) is 0. The monoisotopic (exact) mass is 317 g/mol. The molecule has 0 saturated heterocycles. The SMILES string of the molecule is CCCNC(CSC(C)CC)Cc1cc(Cl)ccc1F. The largest absolute Gasteiger partial charge is 0.313 e. The zero-order chi connectivity index (χ0) is 15.0. The number of halogens is 2. The minimum atomic E-state index is -0.161. The van der Waals surface area contributed by atoms with Crippen LogP contribution in [0.25, 0.3) is 0 Å². The van der Waals surface area contributed by atoms with Crippen molar-refractivity contribution in [2.75, 3.05) is 12.3 Å². The van der Waals surface area contributed by atoms with Crippen LogP contribution in [0, 0.1) is 5.82 Å². The molecule has 0 aliphatic heterocycles. The fourth-order valence-electron chi connectivity index (χ4n) is 1.90. The second kappa shape index (κ2) is 9.64. The summed E-state index contributed by atoms with van der Waals surface area (Å²) in [5, 5.41) is 4.76. The fraction of sp³-hybridized carbons (Fsp3) is 0.625.